The molecule has 0 saturated heterocycles. The highest BCUT2D eigenvalue weighted by atomic mass is 16.7. The summed E-state index contributed by atoms with van der Waals surface area (Å²) in [4.78, 5) is 40.9. The standard InChI is InChI=1S/C21H27N3O5/c1-13(2)22-18(26)21-10-9-20(5,19(21,3)4)16(12-21)23-29-17(25)14-7-6-8-15(11-14)24(27)28/h6-8,11,13H,9-10,12H2,1-5H3,(H,22,26). The highest BCUT2D eigenvalue weighted by Crippen LogP contribution is 2.71. The number of benzene rings is 1. The second-order valence-electron chi connectivity index (χ2n) is 9.07. The normalized spacial score (nSPS) is 28.6. The summed E-state index contributed by atoms with van der Waals surface area (Å²) in [7, 11) is 0. The Labute approximate surface area is 169 Å². The zero-order valence-corrected chi connectivity index (χ0v) is 17.4. The van der Waals surface area contributed by atoms with Gasteiger partial charge in [-0.3, -0.25) is 14.9 Å². The van der Waals surface area contributed by atoms with Crippen molar-refractivity contribution in [2.24, 2.45) is 21.4 Å². The Kier molecular flexibility index (Phi) is 5.01. The number of nitrogens with zero attached hydrogens (tertiary/aromatic N) is 2. The second kappa shape index (κ2) is 6.93. The number of oxime groups is 1. The average molecular weight is 401 g/mol. The van der Waals surface area contributed by atoms with Crippen LogP contribution in [0.25, 0.3) is 0 Å². The fourth-order valence-corrected chi connectivity index (χ4v) is 4.82. The number of amides is 1. The number of non-ortho nitro benzene ring substituents is 1. The molecule has 0 spiro atoms. The molecular weight excluding hydrogens is 374 g/mol. The van der Waals surface area contributed by atoms with E-state index in [0.717, 1.165) is 18.9 Å². The highest BCUT2D eigenvalue weighted by molar-refractivity contribution is 6.02. The van der Waals surface area contributed by atoms with Crippen LogP contribution in [0.3, 0.4) is 0 Å². The summed E-state index contributed by atoms with van der Waals surface area (Å²) in [6, 6.07) is 5.37. The molecular formula is C21H27N3O5. The Bertz CT molecular complexity index is 907. The first-order valence-corrected chi connectivity index (χ1v) is 9.79. The molecule has 29 heavy (non-hydrogen) atoms. The summed E-state index contributed by atoms with van der Waals surface area (Å²) in [6.07, 6.45) is 1.96. The summed E-state index contributed by atoms with van der Waals surface area (Å²) in [5.41, 5.74) is -0.762. The smallest absolute Gasteiger partial charge is 0.353 e. The molecule has 1 amide bonds. The number of carbonyl (C=O) groups is 2. The van der Waals surface area contributed by atoms with Crippen molar-refractivity contribution in [3.63, 3.8) is 0 Å². The van der Waals surface area contributed by atoms with Gasteiger partial charge in [0.1, 0.15) is 0 Å². The lowest BCUT2D eigenvalue weighted by atomic mass is 9.64. The molecule has 2 atom stereocenters. The topological polar surface area (TPSA) is 111 Å². The summed E-state index contributed by atoms with van der Waals surface area (Å²) in [5, 5.41) is 18.1. The fourth-order valence-electron chi connectivity index (χ4n) is 4.82. The minimum absolute atomic E-state index is 0.0106. The van der Waals surface area contributed by atoms with E-state index in [0.29, 0.717) is 12.1 Å². The maximum atomic E-state index is 13.1. The first kappa shape index (κ1) is 21.0. The van der Waals surface area contributed by atoms with Crippen LogP contribution in [-0.4, -0.2) is 28.6 Å². The molecule has 1 N–H and O–H groups in total. The van der Waals surface area contributed by atoms with E-state index in [1.807, 2.05) is 13.8 Å². The molecule has 0 aromatic heterocycles. The molecule has 156 valence electrons. The molecule has 2 bridgehead atoms. The molecule has 8 nitrogen and oxygen atoms in total. The molecule has 2 aliphatic carbocycles. The largest absolute Gasteiger partial charge is 0.365 e. The zero-order chi connectivity index (χ0) is 21.6. The molecule has 0 heterocycles. The SMILES string of the molecule is CC(C)NC(=O)C12CCC(C)(C(=NOC(=O)c3cccc([N+](=O)[O-])c3)C1)C2(C)C. The third-order valence-corrected chi connectivity index (χ3v) is 7.12. The third-order valence-electron chi connectivity index (χ3n) is 7.12. The Morgan fingerprint density at radius 3 is 2.55 bits per heavy atom. The van der Waals surface area contributed by atoms with Gasteiger partial charge in [0.15, 0.2) is 0 Å². The number of nitrogens with one attached hydrogen (secondary N) is 1. The molecule has 0 radical (unpaired) electrons. The van der Waals surface area contributed by atoms with E-state index >= 15 is 0 Å². The van der Waals surface area contributed by atoms with Crippen molar-refractivity contribution in [2.45, 2.75) is 59.9 Å². The maximum Gasteiger partial charge on any atom is 0.365 e. The van der Waals surface area contributed by atoms with Crippen molar-refractivity contribution in [2.75, 3.05) is 0 Å². The van der Waals surface area contributed by atoms with Crippen LogP contribution in [0.2, 0.25) is 0 Å². The van der Waals surface area contributed by atoms with Gasteiger partial charge in [-0.15, -0.1) is 0 Å². The Hall–Kier alpha value is -2.77. The Morgan fingerprint density at radius 1 is 1.24 bits per heavy atom. The maximum absolute atomic E-state index is 13.1. The molecule has 2 saturated carbocycles. The van der Waals surface area contributed by atoms with Crippen LogP contribution in [-0.2, 0) is 9.63 Å². The van der Waals surface area contributed by atoms with E-state index in [2.05, 4.69) is 31.2 Å². The number of hydrogen-bond donors (Lipinski definition) is 1. The second-order valence-corrected chi connectivity index (χ2v) is 9.07. The zero-order valence-electron chi connectivity index (χ0n) is 17.4. The number of carbonyl (C=O) groups excluding carboxylic acids is 2. The summed E-state index contributed by atoms with van der Waals surface area (Å²) < 4.78 is 0. The summed E-state index contributed by atoms with van der Waals surface area (Å²) in [6.45, 7) is 10.1. The summed E-state index contributed by atoms with van der Waals surface area (Å²) >= 11 is 0. The van der Waals surface area contributed by atoms with Crippen LogP contribution in [0.5, 0.6) is 0 Å². The van der Waals surface area contributed by atoms with E-state index in [-0.39, 0.29) is 34.0 Å². The fraction of sp³-hybridized carbons (Fsp3) is 0.571. The van der Waals surface area contributed by atoms with Crippen LogP contribution in [0.1, 0.15) is 64.2 Å². The number of nitro benzene ring substituents is 1. The Balaban J connectivity index is 1.86. The van der Waals surface area contributed by atoms with Crippen molar-refractivity contribution < 1.29 is 19.3 Å². The van der Waals surface area contributed by atoms with E-state index in [1.165, 1.54) is 18.2 Å². The molecule has 2 aliphatic rings. The summed E-state index contributed by atoms with van der Waals surface area (Å²) in [5.74, 6) is -0.748. The first-order chi connectivity index (χ1) is 13.4. The van der Waals surface area contributed by atoms with Crippen LogP contribution in [0.4, 0.5) is 5.69 Å². The minimum Gasteiger partial charge on any atom is -0.353 e. The average Bonchev–Trinajstić information content (AvgIpc) is 2.96. The number of fused-ring (bicyclic) bond motifs is 2. The molecule has 3 rings (SSSR count). The van der Waals surface area contributed by atoms with E-state index < -0.39 is 16.3 Å². The van der Waals surface area contributed by atoms with Gasteiger partial charge >= 0.3 is 5.97 Å². The molecule has 0 aliphatic heterocycles. The molecule has 2 unspecified atom stereocenters. The molecule has 1 aromatic carbocycles. The Morgan fingerprint density at radius 2 is 1.93 bits per heavy atom. The molecule has 2 fully saturated rings. The quantitative estimate of drug-likeness (QED) is 0.458. The van der Waals surface area contributed by atoms with E-state index in [1.54, 1.807) is 0 Å². The van der Waals surface area contributed by atoms with Gasteiger partial charge in [-0.2, -0.15) is 0 Å². The lowest BCUT2D eigenvalue weighted by Gasteiger charge is -2.39. The minimum atomic E-state index is -0.758. The lowest BCUT2D eigenvalue weighted by molar-refractivity contribution is -0.384. The van der Waals surface area contributed by atoms with Crippen LogP contribution in [0.15, 0.2) is 29.4 Å². The van der Waals surface area contributed by atoms with Crippen molar-refractivity contribution in [3.05, 3.63) is 39.9 Å². The van der Waals surface area contributed by atoms with Gasteiger partial charge in [-0.05, 0) is 38.2 Å². The van der Waals surface area contributed by atoms with Gasteiger partial charge in [0.2, 0.25) is 5.91 Å². The van der Waals surface area contributed by atoms with Gasteiger partial charge in [0, 0.05) is 30.0 Å². The van der Waals surface area contributed by atoms with Gasteiger partial charge in [-0.25, -0.2) is 4.79 Å². The monoisotopic (exact) mass is 401 g/mol. The molecule has 8 heteroatoms. The highest BCUT2D eigenvalue weighted by Gasteiger charge is 2.71. The van der Waals surface area contributed by atoms with Gasteiger partial charge in [-0.1, -0.05) is 32.0 Å². The first-order valence-electron chi connectivity index (χ1n) is 9.79. The number of hydrogen-bond acceptors (Lipinski definition) is 6. The van der Waals surface area contributed by atoms with E-state index in [9.17, 15) is 19.7 Å². The van der Waals surface area contributed by atoms with Gasteiger partial charge in [0.25, 0.3) is 5.69 Å². The molecule has 1 aromatic rings. The van der Waals surface area contributed by atoms with Crippen LogP contribution < -0.4 is 5.32 Å². The number of rotatable bonds is 5. The van der Waals surface area contributed by atoms with Crippen molar-refractivity contribution in [3.8, 4) is 0 Å². The van der Waals surface area contributed by atoms with Crippen molar-refractivity contribution in [1.82, 2.24) is 5.32 Å². The lowest BCUT2D eigenvalue weighted by Crippen LogP contribution is -2.48. The van der Waals surface area contributed by atoms with E-state index in [4.69, 9.17) is 4.84 Å². The van der Waals surface area contributed by atoms with Crippen LogP contribution >= 0.6 is 0 Å². The van der Waals surface area contributed by atoms with Gasteiger partial charge < -0.3 is 10.2 Å². The third kappa shape index (κ3) is 3.10. The van der Waals surface area contributed by atoms with Gasteiger partial charge in [0.05, 0.1) is 21.6 Å². The number of nitro groups is 1. The van der Waals surface area contributed by atoms with Crippen molar-refractivity contribution >= 4 is 23.3 Å². The predicted octanol–water partition coefficient (Wildman–Crippen LogP) is 3.85. The van der Waals surface area contributed by atoms with Crippen molar-refractivity contribution in [1.29, 1.82) is 0 Å². The van der Waals surface area contributed by atoms with Crippen LogP contribution in [0, 0.1) is 26.4 Å². The predicted molar refractivity (Wildman–Crippen MR) is 107 cm³/mol.